The molecular weight excluding hydrogens is 467 g/mol. The average molecular weight is 486 g/mol. The lowest BCUT2D eigenvalue weighted by molar-refractivity contribution is -0.113. The molecule has 0 aliphatic carbocycles. The normalized spacial score (nSPS) is 11.4. The molecule has 0 saturated carbocycles. The Morgan fingerprint density at radius 3 is 2.41 bits per heavy atom. The third-order valence-corrected chi connectivity index (χ3v) is 6.42. The molecule has 1 N–H and O–H groups in total. The van der Waals surface area contributed by atoms with E-state index in [4.69, 9.17) is 0 Å². The number of amides is 1. The highest BCUT2D eigenvalue weighted by Gasteiger charge is 2.22. The van der Waals surface area contributed by atoms with Crippen LogP contribution in [0.15, 0.2) is 47.6 Å². The van der Waals surface area contributed by atoms with Crippen molar-refractivity contribution in [1.82, 2.24) is 14.8 Å². The highest BCUT2D eigenvalue weighted by molar-refractivity contribution is 7.99. The molecule has 0 bridgehead atoms. The third-order valence-electron chi connectivity index (χ3n) is 4.26. The second-order valence-corrected chi connectivity index (χ2v) is 9.52. The molecule has 0 aliphatic rings. The molecule has 32 heavy (non-hydrogen) atoms. The van der Waals surface area contributed by atoms with Crippen LogP contribution in [-0.2, 0) is 28.4 Å². The molecule has 0 saturated heterocycles. The summed E-state index contributed by atoms with van der Waals surface area (Å²) < 4.78 is 66.5. The van der Waals surface area contributed by atoms with Gasteiger partial charge in [0.1, 0.15) is 5.82 Å². The van der Waals surface area contributed by atoms with E-state index in [1.807, 2.05) is 0 Å². The molecule has 0 fully saturated rings. The van der Waals surface area contributed by atoms with E-state index in [1.54, 1.807) is 7.05 Å². The van der Waals surface area contributed by atoms with Gasteiger partial charge in [0.25, 0.3) is 0 Å². The smallest absolute Gasteiger partial charge is 0.234 e. The Balaban J connectivity index is 1.68. The van der Waals surface area contributed by atoms with Crippen molar-refractivity contribution in [3.8, 4) is 0 Å². The number of hydrogen-bond acceptors (Lipinski definition) is 6. The van der Waals surface area contributed by atoms with Crippen molar-refractivity contribution in [3.05, 3.63) is 65.7 Å². The van der Waals surface area contributed by atoms with Crippen LogP contribution in [0.5, 0.6) is 0 Å². The SMILES string of the molecule is Cn1c(CN(c2ccc(F)cc2)S(C)(=O)=O)nnc1SCC(=O)Nc1ccc(F)c(F)c1. The van der Waals surface area contributed by atoms with Gasteiger partial charge in [0, 0.05) is 18.8 Å². The largest absolute Gasteiger partial charge is 0.325 e. The number of sulfonamides is 1. The van der Waals surface area contributed by atoms with Crippen molar-refractivity contribution < 1.29 is 26.4 Å². The molecule has 1 heterocycles. The Kier molecular flexibility index (Phi) is 7.09. The van der Waals surface area contributed by atoms with Gasteiger partial charge in [0.2, 0.25) is 15.9 Å². The maximum atomic E-state index is 13.2. The van der Waals surface area contributed by atoms with Crippen LogP contribution in [-0.4, -0.2) is 41.1 Å². The summed E-state index contributed by atoms with van der Waals surface area (Å²) in [5.74, 6) is -2.88. The fourth-order valence-corrected chi connectivity index (χ4v) is 4.23. The number of aromatic nitrogens is 3. The quantitative estimate of drug-likeness (QED) is 0.493. The van der Waals surface area contributed by atoms with Gasteiger partial charge >= 0.3 is 0 Å². The summed E-state index contributed by atoms with van der Waals surface area (Å²) in [5, 5.41) is 10.7. The lowest BCUT2D eigenvalue weighted by Crippen LogP contribution is -2.30. The number of nitrogens with one attached hydrogen (secondary N) is 1. The molecular formula is C19H18F3N5O3S2. The monoisotopic (exact) mass is 485 g/mol. The zero-order valence-electron chi connectivity index (χ0n) is 16.9. The first-order chi connectivity index (χ1) is 15.0. The number of thioether (sulfide) groups is 1. The Morgan fingerprint density at radius 2 is 1.78 bits per heavy atom. The van der Waals surface area contributed by atoms with Gasteiger partial charge in [-0.05, 0) is 36.4 Å². The number of carbonyl (C=O) groups excluding carboxylic acids is 1. The summed E-state index contributed by atoms with van der Waals surface area (Å²) in [7, 11) is -2.09. The van der Waals surface area contributed by atoms with E-state index in [9.17, 15) is 26.4 Å². The van der Waals surface area contributed by atoms with E-state index in [0.29, 0.717) is 11.0 Å². The summed E-state index contributed by atoms with van der Waals surface area (Å²) >= 11 is 1.03. The van der Waals surface area contributed by atoms with E-state index >= 15 is 0 Å². The van der Waals surface area contributed by atoms with Gasteiger partial charge in [0.05, 0.1) is 24.2 Å². The predicted molar refractivity (Wildman–Crippen MR) is 114 cm³/mol. The maximum absolute atomic E-state index is 13.2. The fourth-order valence-electron chi connectivity index (χ4n) is 2.65. The summed E-state index contributed by atoms with van der Waals surface area (Å²) in [4.78, 5) is 12.1. The van der Waals surface area contributed by atoms with Crippen molar-refractivity contribution in [1.29, 1.82) is 0 Å². The van der Waals surface area contributed by atoms with Crippen LogP contribution >= 0.6 is 11.8 Å². The van der Waals surface area contributed by atoms with Crippen LogP contribution in [0.2, 0.25) is 0 Å². The molecule has 3 rings (SSSR count). The molecule has 1 amide bonds. The van der Waals surface area contributed by atoms with E-state index in [0.717, 1.165) is 46.6 Å². The average Bonchev–Trinajstić information content (AvgIpc) is 3.07. The minimum absolute atomic E-state index is 0.0985. The summed E-state index contributed by atoms with van der Waals surface area (Å²) in [6, 6.07) is 7.98. The molecule has 3 aromatic rings. The van der Waals surface area contributed by atoms with Crippen LogP contribution in [0.4, 0.5) is 24.5 Å². The summed E-state index contributed by atoms with van der Waals surface area (Å²) in [6.45, 7) is -0.157. The molecule has 0 radical (unpaired) electrons. The molecule has 8 nitrogen and oxygen atoms in total. The first kappa shape index (κ1) is 23.6. The van der Waals surface area contributed by atoms with Crippen molar-refractivity contribution >= 4 is 39.1 Å². The molecule has 13 heteroatoms. The lowest BCUT2D eigenvalue weighted by atomic mass is 10.3. The van der Waals surface area contributed by atoms with Crippen LogP contribution in [0.25, 0.3) is 0 Å². The highest BCUT2D eigenvalue weighted by atomic mass is 32.2. The molecule has 0 unspecified atom stereocenters. The molecule has 0 atom stereocenters. The molecule has 2 aromatic carbocycles. The molecule has 0 aliphatic heterocycles. The van der Waals surface area contributed by atoms with E-state index in [1.165, 1.54) is 22.8 Å². The second-order valence-electron chi connectivity index (χ2n) is 6.67. The van der Waals surface area contributed by atoms with Crippen molar-refractivity contribution in [2.24, 2.45) is 7.05 Å². The van der Waals surface area contributed by atoms with E-state index in [2.05, 4.69) is 15.5 Å². The predicted octanol–water partition coefficient (Wildman–Crippen LogP) is 2.93. The third kappa shape index (κ3) is 5.79. The molecule has 1 aromatic heterocycles. The van der Waals surface area contributed by atoms with E-state index in [-0.39, 0.29) is 23.7 Å². The van der Waals surface area contributed by atoms with Crippen LogP contribution in [0.3, 0.4) is 0 Å². The Labute approximate surface area is 186 Å². The van der Waals surface area contributed by atoms with Crippen molar-refractivity contribution in [2.75, 3.05) is 21.6 Å². The van der Waals surface area contributed by atoms with Crippen LogP contribution < -0.4 is 9.62 Å². The van der Waals surface area contributed by atoms with Gasteiger partial charge in [-0.2, -0.15) is 0 Å². The first-order valence-corrected chi connectivity index (χ1v) is 11.9. The van der Waals surface area contributed by atoms with Crippen LogP contribution in [0, 0.1) is 17.5 Å². The van der Waals surface area contributed by atoms with Gasteiger partial charge in [-0.3, -0.25) is 9.10 Å². The maximum Gasteiger partial charge on any atom is 0.234 e. The van der Waals surface area contributed by atoms with Gasteiger partial charge in [-0.15, -0.1) is 10.2 Å². The van der Waals surface area contributed by atoms with Crippen molar-refractivity contribution in [3.63, 3.8) is 0 Å². The molecule has 0 spiro atoms. The minimum atomic E-state index is -3.70. The topological polar surface area (TPSA) is 97.2 Å². The Morgan fingerprint density at radius 1 is 1.09 bits per heavy atom. The fraction of sp³-hybridized carbons (Fsp3) is 0.211. The number of hydrogen-bond donors (Lipinski definition) is 1. The Hall–Kier alpha value is -3.06. The first-order valence-electron chi connectivity index (χ1n) is 9.04. The number of carbonyl (C=O) groups is 1. The van der Waals surface area contributed by atoms with E-state index < -0.39 is 33.4 Å². The standard InChI is InChI=1S/C19H18F3N5O3S2/c1-26-17(10-27(32(2,29)30)14-6-3-12(20)4-7-14)24-25-19(26)31-11-18(28)23-13-5-8-15(21)16(22)9-13/h3-9H,10-11H2,1-2H3,(H,23,28). The summed E-state index contributed by atoms with van der Waals surface area (Å²) in [6.07, 6.45) is 1.02. The number of anilines is 2. The minimum Gasteiger partial charge on any atom is -0.325 e. The number of nitrogens with zero attached hydrogens (tertiary/aromatic N) is 4. The van der Waals surface area contributed by atoms with Gasteiger partial charge in [-0.25, -0.2) is 21.6 Å². The zero-order valence-corrected chi connectivity index (χ0v) is 18.6. The number of benzene rings is 2. The van der Waals surface area contributed by atoms with Gasteiger partial charge in [-0.1, -0.05) is 11.8 Å². The Bertz CT molecular complexity index is 1230. The second kappa shape index (κ2) is 9.61. The number of halogens is 3. The lowest BCUT2D eigenvalue weighted by Gasteiger charge is -2.21. The van der Waals surface area contributed by atoms with Gasteiger partial charge < -0.3 is 9.88 Å². The van der Waals surface area contributed by atoms with Crippen LogP contribution in [0.1, 0.15) is 5.82 Å². The zero-order chi connectivity index (χ0) is 23.5. The van der Waals surface area contributed by atoms with Crippen molar-refractivity contribution in [2.45, 2.75) is 11.7 Å². The summed E-state index contributed by atoms with van der Waals surface area (Å²) in [5.41, 5.74) is 0.369. The van der Waals surface area contributed by atoms with Gasteiger partial charge in [0.15, 0.2) is 22.6 Å². The number of rotatable bonds is 8. The molecule has 170 valence electrons. The highest BCUT2D eigenvalue weighted by Crippen LogP contribution is 2.22.